The molecule has 1 saturated heterocycles. The fraction of sp³-hybridized carbons (Fsp3) is 0.400. The molecule has 1 fully saturated rings. The van der Waals surface area contributed by atoms with Crippen LogP contribution in [-0.4, -0.2) is 24.7 Å². The standard InChI is InChI=1S/C20H20BCl2F3O4/c1-18(2)19(3,4)30-21(29-18)13-6-8-16(17(10-13)28-20(24,25)26)27-11-12-5-7-14(22)15(23)9-12/h5-10H,11H2,1-4H3. The van der Waals surface area contributed by atoms with Crippen LogP contribution in [-0.2, 0) is 15.9 Å². The van der Waals surface area contributed by atoms with Gasteiger partial charge in [0.15, 0.2) is 11.5 Å². The molecule has 30 heavy (non-hydrogen) atoms. The average molecular weight is 463 g/mol. The third-order valence-corrected chi connectivity index (χ3v) is 5.84. The van der Waals surface area contributed by atoms with Crippen LogP contribution in [0.3, 0.4) is 0 Å². The first-order chi connectivity index (χ1) is 13.8. The Morgan fingerprint density at radius 2 is 1.53 bits per heavy atom. The second kappa shape index (κ2) is 8.15. The van der Waals surface area contributed by atoms with Crippen LogP contribution in [0.15, 0.2) is 36.4 Å². The lowest BCUT2D eigenvalue weighted by molar-refractivity contribution is -0.275. The van der Waals surface area contributed by atoms with Gasteiger partial charge >= 0.3 is 13.5 Å². The second-order valence-electron chi connectivity index (χ2n) is 7.88. The minimum Gasteiger partial charge on any atom is -0.485 e. The van der Waals surface area contributed by atoms with Crippen LogP contribution in [0.1, 0.15) is 33.3 Å². The number of alkyl halides is 3. The quantitative estimate of drug-likeness (QED) is 0.528. The van der Waals surface area contributed by atoms with E-state index in [2.05, 4.69) is 4.74 Å². The van der Waals surface area contributed by atoms with Gasteiger partial charge in [0.25, 0.3) is 0 Å². The lowest BCUT2D eigenvalue weighted by atomic mass is 9.79. The van der Waals surface area contributed by atoms with Gasteiger partial charge in [-0.25, -0.2) is 0 Å². The molecule has 1 aliphatic rings. The fourth-order valence-corrected chi connectivity index (χ4v) is 3.09. The topological polar surface area (TPSA) is 36.9 Å². The van der Waals surface area contributed by atoms with Gasteiger partial charge in [0.2, 0.25) is 0 Å². The highest BCUT2D eigenvalue weighted by molar-refractivity contribution is 6.62. The zero-order valence-electron chi connectivity index (χ0n) is 16.8. The molecule has 2 aromatic carbocycles. The predicted octanol–water partition coefficient (Wildman–Crippen LogP) is 5.77. The normalized spacial score (nSPS) is 17.8. The Hall–Kier alpha value is -1.61. The molecule has 0 aromatic heterocycles. The molecule has 2 aromatic rings. The lowest BCUT2D eigenvalue weighted by Gasteiger charge is -2.32. The van der Waals surface area contributed by atoms with Crippen LogP contribution in [0.4, 0.5) is 13.2 Å². The van der Waals surface area contributed by atoms with Crippen LogP contribution in [0.5, 0.6) is 11.5 Å². The van der Waals surface area contributed by atoms with Crippen molar-refractivity contribution in [3.05, 3.63) is 52.0 Å². The van der Waals surface area contributed by atoms with Crippen molar-refractivity contribution in [2.75, 3.05) is 0 Å². The third-order valence-electron chi connectivity index (χ3n) is 5.10. The van der Waals surface area contributed by atoms with Crippen molar-refractivity contribution in [3.63, 3.8) is 0 Å². The molecule has 0 atom stereocenters. The lowest BCUT2D eigenvalue weighted by Crippen LogP contribution is -2.41. The van der Waals surface area contributed by atoms with Gasteiger partial charge < -0.3 is 18.8 Å². The molecule has 0 bridgehead atoms. The van der Waals surface area contributed by atoms with Gasteiger partial charge in [-0.05, 0) is 63.0 Å². The van der Waals surface area contributed by atoms with E-state index in [-0.39, 0.29) is 12.4 Å². The van der Waals surface area contributed by atoms with Gasteiger partial charge in [-0.3, -0.25) is 0 Å². The molecule has 0 spiro atoms. The Morgan fingerprint density at radius 3 is 2.10 bits per heavy atom. The number of halogens is 5. The molecule has 162 valence electrons. The average Bonchev–Trinajstić information content (AvgIpc) is 2.83. The fourth-order valence-electron chi connectivity index (χ4n) is 2.76. The summed E-state index contributed by atoms with van der Waals surface area (Å²) >= 11 is 11.8. The maximum Gasteiger partial charge on any atom is 0.573 e. The minimum atomic E-state index is -4.89. The van der Waals surface area contributed by atoms with Gasteiger partial charge in [0.1, 0.15) is 6.61 Å². The summed E-state index contributed by atoms with van der Waals surface area (Å²) in [5.41, 5.74) is -0.246. The molecule has 0 amide bonds. The summed E-state index contributed by atoms with van der Waals surface area (Å²) in [6, 6.07) is 9.00. The van der Waals surface area contributed by atoms with E-state index in [4.69, 9.17) is 37.2 Å². The zero-order valence-corrected chi connectivity index (χ0v) is 18.3. The van der Waals surface area contributed by atoms with Crippen molar-refractivity contribution in [2.24, 2.45) is 0 Å². The first-order valence-electron chi connectivity index (χ1n) is 9.09. The molecule has 3 rings (SSSR count). The van der Waals surface area contributed by atoms with Gasteiger partial charge in [0, 0.05) is 0 Å². The van der Waals surface area contributed by atoms with Gasteiger partial charge in [-0.15, -0.1) is 13.2 Å². The summed E-state index contributed by atoms with van der Waals surface area (Å²) in [5.74, 6) is -0.576. The Morgan fingerprint density at radius 1 is 0.900 bits per heavy atom. The third kappa shape index (κ3) is 5.17. The highest BCUT2D eigenvalue weighted by atomic mass is 35.5. The van der Waals surface area contributed by atoms with Crippen LogP contribution in [0.25, 0.3) is 0 Å². The molecule has 4 nitrogen and oxygen atoms in total. The number of hydrogen-bond donors (Lipinski definition) is 0. The van der Waals surface area contributed by atoms with Crippen molar-refractivity contribution in [2.45, 2.75) is 51.9 Å². The van der Waals surface area contributed by atoms with Crippen LogP contribution >= 0.6 is 23.2 Å². The smallest absolute Gasteiger partial charge is 0.485 e. The van der Waals surface area contributed by atoms with E-state index in [1.54, 1.807) is 24.3 Å². The molecule has 0 radical (unpaired) electrons. The summed E-state index contributed by atoms with van der Waals surface area (Å²) < 4.78 is 60.4. The summed E-state index contributed by atoms with van der Waals surface area (Å²) in [6.45, 7) is 7.40. The monoisotopic (exact) mass is 462 g/mol. The van der Waals surface area contributed by atoms with Gasteiger partial charge in [0.05, 0.1) is 21.2 Å². The minimum absolute atomic E-state index is 0.0268. The summed E-state index contributed by atoms with van der Waals surface area (Å²) in [5, 5.41) is 0.689. The van der Waals surface area contributed by atoms with Crippen molar-refractivity contribution in [1.29, 1.82) is 0 Å². The Balaban J connectivity index is 1.85. The number of rotatable bonds is 5. The largest absolute Gasteiger partial charge is 0.573 e. The van der Waals surface area contributed by atoms with E-state index >= 15 is 0 Å². The molecule has 0 N–H and O–H groups in total. The highest BCUT2D eigenvalue weighted by Crippen LogP contribution is 2.38. The molecular formula is C20H20BCl2F3O4. The maximum absolute atomic E-state index is 13.0. The maximum atomic E-state index is 13.0. The van der Waals surface area contributed by atoms with E-state index in [0.717, 1.165) is 0 Å². The first-order valence-corrected chi connectivity index (χ1v) is 9.85. The van der Waals surface area contributed by atoms with E-state index in [1.807, 2.05) is 27.7 Å². The Kier molecular flexibility index (Phi) is 6.27. The molecule has 10 heteroatoms. The van der Waals surface area contributed by atoms with E-state index in [0.29, 0.717) is 21.1 Å². The molecule has 0 saturated carbocycles. The second-order valence-corrected chi connectivity index (χ2v) is 8.69. The van der Waals surface area contributed by atoms with Crippen molar-refractivity contribution < 1.29 is 32.0 Å². The zero-order chi connectivity index (χ0) is 22.3. The van der Waals surface area contributed by atoms with Crippen molar-refractivity contribution in [1.82, 2.24) is 0 Å². The molecule has 0 unspecified atom stereocenters. The molecular weight excluding hydrogens is 443 g/mol. The predicted molar refractivity (Wildman–Crippen MR) is 110 cm³/mol. The molecule has 1 heterocycles. The van der Waals surface area contributed by atoms with E-state index in [9.17, 15) is 13.2 Å². The van der Waals surface area contributed by atoms with Crippen LogP contribution < -0.4 is 14.9 Å². The number of ether oxygens (including phenoxy) is 2. The van der Waals surface area contributed by atoms with Gasteiger partial charge in [-0.1, -0.05) is 35.3 Å². The summed E-state index contributed by atoms with van der Waals surface area (Å²) in [7, 11) is -0.838. The van der Waals surface area contributed by atoms with E-state index in [1.165, 1.54) is 12.1 Å². The Bertz CT molecular complexity index is 919. The van der Waals surface area contributed by atoms with Crippen LogP contribution in [0.2, 0.25) is 10.0 Å². The molecule has 1 aliphatic heterocycles. The molecule has 0 aliphatic carbocycles. The summed E-state index contributed by atoms with van der Waals surface area (Å²) in [6.07, 6.45) is -4.89. The van der Waals surface area contributed by atoms with Crippen molar-refractivity contribution in [3.8, 4) is 11.5 Å². The SMILES string of the molecule is CC1(C)OB(c2ccc(OCc3ccc(Cl)c(Cl)c3)c(OC(F)(F)F)c2)OC1(C)C. The number of hydrogen-bond acceptors (Lipinski definition) is 4. The number of benzene rings is 2. The first kappa shape index (κ1) is 23.1. The summed E-state index contributed by atoms with van der Waals surface area (Å²) in [4.78, 5) is 0. The van der Waals surface area contributed by atoms with Crippen LogP contribution in [0, 0.1) is 0 Å². The van der Waals surface area contributed by atoms with Gasteiger partial charge in [-0.2, -0.15) is 0 Å². The van der Waals surface area contributed by atoms with E-state index < -0.39 is 30.4 Å². The van der Waals surface area contributed by atoms with Crippen molar-refractivity contribution >= 4 is 35.8 Å². The highest BCUT2D eigenvalue weighted by Gasteiger charge is 2.52. The Labute approximate surface area is 183 Å².